The fraction of sp³-hybridized carbons (Fsp3) is 0.0769. The molecule has 0 radical (unpaired) electrons. The molecule has 0 unspecified atom stereocenters. The summed E-state index contributed by atoms with van der Waals surface area (Å²) in [4.78, 5) is 0. The molecule has 0 amide bonds. The Morgan fingerprint density at radius 1 is 1.06 bits per heavy atom. The minimum absolute atomic E-state index is 0.324. The number of hydrogen-bond donors (Lipinski definition) is 0. The highest BCUT2D eigenvalue weighted by atomic mass is 35.5. The van der Waals surface area contributed by atoms with Gasteiger partial charge >= 0.3 is 0 Å². The summed E-state index contributed by atoms with van der Waals surface area (Å²) in [5.41, 5.74) is 1.80. The molecule has 82 valence electrons. The van der Waals surface area contributed by atoms with Crippen molar-refractivity contribution in [1.82, 2.24) is 0 Å². The van der Waals surface area contributed by atoms with Gasteiger partial charge in [-0.15, -0.1) is 0 Å². The molecular weight excluding hydrogens is 230 g/mol. The summed E-state index contributed by atoms with van der Waals surface area (Å²) < 4.78 is 26.4. The number of aryl methyl sites for hydroxylation is 1. The molecule has 0 atom stereocenters. The lowest BCUT2D eigenvalue weighted by Gasteiger charge is -2.09. The minimum Gasteiger partial charge on any atom is -0.207 e. The van der Waals surface area contributed by atoms with E-state index in [1.165, 1.54) is 12.1 Å². The molecule has 0 heterocycles. The topological polar surface area (TPSA) is 0 Å². The maximum Gasteiger partial charge on any atom is 0.134 e. The fourth-order valence-electron chi connectivity index (χ4n) is 1.67. The van der Waals surface area contributed by atoms with Crippen LogP contribution in [0.4, 0.5) is 8.78 Å². The van der Waals surface area contributed by atoms with Gasteiger partial charge in [0.2, 0.25) is 0 Å². The number of benzene rings is 2. The average molecular weight is 239 g/mol. The molecule has 0 saturated heterocycles. The van der Waals surface area contributed by atoms with Gasteiger partial charge in [-0.25, -0.2) is 8.78 Å². The van der Waals surface area contributed by atoms with Crippen LogP contribution in [0.25, 0.3) is 11.1 Å². The van der Waals surface area contributed by atoms with Crippen LogP contribution in [0.5, 0.6) is 0 Å². The van der Waals surface area contributed by atoms with Crippen LogP contribution in [0.1, 0.15) is 5.56 Å². The first-order chi connectivity index (χ1) is 7.59. The molecular formula is C13H9ClF2. The van der Waals surface area contributed by atoms with Crippen molar-refractivity contribution >= 4 is 11.6 Å². The zero-order valence-electron chi connectivity index (χ0n) is 8.60. The Morgan fingerprint density at radius 3 is 2.44 bits per heavy atom. The van der Waals surface area contributed by atoms with Crippen molar-refractivity contribution in [2.75, 3.05) is 0 Å². The summed E-state index contributed by atoms with van der Waals surface area (Å²) >= 11 is 6.02. The summed E-state index contributed by atoms with van der Waals surface area (Å²) in [5, 5.41) is 0.463. The van der Waals surface area contributed by atoms with Crippen LogP contribution < -0.4 is 0 Å². The van der Waals surface area contributed by atoms with Crippen molar-refractivity contribution < 1.29 is 8.78 Å². The van der Waals surface area contributed by atoms with E-state index >= 15 is 0 Å². The second kappa shape index (κ2) is 4.22. The predicted octanol–water partition coefficient (Wildman–Crippen LogP) is 4.59. The van der Waals surface area contributed by atoms with E-state index in [-0.39, 0.29) is 0 Å². The molecule has 2 aromatic rings. The van der Waals surface area contributed by atoms with Gasteiger partial charge in [-0.1, -0.05) is 23.7 Å². The first-order valence-corrected chi connectivity index (χ1v) is 5.18. The fourth-order valence-corrected chi connectivity index (χ4v) is 1.99. The Bertz CT molecular complexity index is 515. The molecule has 2 rings (SSSR count). The van der Waals surface area contributed by atoms with Crippen molar-refractivity contribution in [2.24, 2.45) is 0 Å². The molecule has 0 aromatic heterocycles. The van der Waals surface area contributed by atoms with Crippen molar-refractivity contribution in [3.8, 4) is 11.1 Å². The van der Waals surface area contributed by atoms with E-state index in [4.69, 9.17) is 11.6 Å². The van der Waals surface area contributed by atoms with Crippen LogP contribution in [0.2, 0.25) is 5.02 Å². The second-order valence-electron chi connectivity index (χ2n) is 3.56. The largest absolute Gasteiger partial charge is 0.207 e. The van der Waals surface area contributed by atoms with Gasteiger partial charge < -0.3 is 0 Å². The van der Waals surface area contributed by atoms with E-state index in [2.05, 4.69) is 0 Å². The Kier molecular flexibility index (Phi) is 2.92. The molecule has 0 saturated carbocycles. The molecule has 16 heavy (non-hydrogen) atoms. The van der Waals surface area contributed by atoms with Gasteiger partial charge in [0.15, 0.2) is 0 Å². The molecule has 0 nitrogen and oxygen atoms in total. The maximum atomic E-state index is 13.6. The summed E-state index contributed by atoms with van der Waals surface area (Å²) in [7, 11) is 0. The van der Waals surface area contributed by atoms with Crippen LogP contribution in [-0.2, 0) is 0 Å². The third kappa shape index (κ3) is 1.93. The first-order valence-electron chi connectivity index (χ1n) is 4.80. The Balaban J connectivity index is 2.68. The predicted molar refractivity (Wildman–Crippen MR) is 61.5 cm³/mol. The second-order valence-corrected chi connectivity index (χ2v) is 3.96. The number of rotatable bonds is 1. The van der Waals surface area contributed by atoms with E-state index in [1.807, 2.05) is 13.0 Å². The van der Waals surface area contributed by atoms with Gasteiger partial charge in [0, 0.05) is 22.2 Å². The summed E-state index contributed by atoms with van der Waals surface area (Å²) in [6.07, 6.45) is 0. The SMILES string of the molecule is Cc1cccc(Cl)c1-c1ccc(F)cc1F. The summed E-state index contributed by atoms with van der Waals surface area (Å²) in [5.74, 6) is -1.19. The lowest BCUT2D eigenvalue weighted by atomic mass is 10.00. The standard InChI is InChI=1S/C13H9ClF2/c1-8-3-2-4-11(14)13(8)10-6-5-9(15)7-12(10)16/h2-7H,1H3. The molecule has 0 aliphatic rings. The van der Waals surface area contributed by atoms with E-state index in [1.54, 1.807) is 12.1 Å². The van der Waals surface area contributed by atoms with Crippen molar-refractivity contribution in [3.63, 3.8) is 0 Å². The normalized spacial score (nSPS) is 10.5. The maximum absolute atomic E-state index is 13.6. The number of hydrogen-bond acceptors (Lipinski definition) is 0. The third-order valence-corrected chi connectivity index (χ3v) is 2.74. The molecule has 2 aromatic carbocycles. The lowest BCUT2D eigenvalue weighted by Crippen LogP contribution is -1.90. The first kappa shape index (κ1) is 11.1. The lowest BCUT2D eigenvalue weighted by molar-refractivity contribution is 0.585. The quantitative estimate of drug-likeness (QED) is 0.682. The van der Waals surface area contributed by atoms with Gasteiger partial charge in [-0.3, -0.25) is 0 Å². The number of halogens is 3. The Hall–Kier alpha value is -1.41. The van der Waals surface area contributed by atoms with Crippen LogP contribution in [-0.4, -0.2) is 0 Å². The highest BCUT2D eigenvalue weighted by Gasteiger charge is 2.11. The smallest absolute Gasteiger partial charge is 0.134 e. The highest BCUT2D eigenvalue weighted by Crippen LogP contribution is 2.32. The molecule has 0 aliphatic heterocycles. The van der Waals surface area contributed by atoms with E-state index in [0.717, 1.165) is 11.6 Å². The van der Waals surface area contributed by atoms with Crippen LogP contribution in [0.15, 0.2) is 36.4 Å². The summed E-state index contributed by atoms with van der Waals surface area (Å²) in [6.45, 7) is 1.84. The molecule has 0 aliphatic carbocycles. The average Bonchev–Trinajstić information content (AvgIpc) is 2.20. The minimum atomic E-state index is -0.601. The van der Waals surface area contributed by atoms with Gasteiger partial charge in [0.1, 0.15) is 11.6 Å². The molecule has 3 heteroatoms. The Labute approximate surface area is 97.5 Å². The van der Waals surface area contributed by atoms with Crippen molar-refractivity contribution in [1.29, 1.82) is 0 Å². The molecule has 0 bridgehead atoms. The third-order valence-electron chi connectivity index (χ3n) is 2.42. The van der Waals surface area contributed by atoms with Crippen LogP contribution in [0, 0.1) is 18.6 Å². The molecule has 0 spiro atoms. The Morgan fingerprint density at radius 2 is 1.81 bits per heavy atom. The van der Waals surface area contributed by atoms with Crippen LogP contribution in [0.3, 0.4) is 0 Å². The van der Waals surface area contributed by atoms with Gasteiger partial charge in [0.05, 0.1) is 0 Å². The van der Waals surface area contributed by atoms with Crippen molar-refractivity contribution in [2.45, 2.75) is 6.92 Å². The van der Waals surface area contributed by atoms with Gasteiger partial charge in [-0.05, 0) is 30.7 Å². The van der Waals surface area contributed by atoms with Crippen molar-refractivity contribution in [3.05, 3.63) is 58.6 Å². The van der Waals surface area contributed by atoms with E-state index in [0.29, 0.717) is 16.1 Å². The monoisotopic (exact) mass is 238 g/mol. The molecule has 0 N–H and O–H groups in total. The van der Waals surface area contributed by atoms with Gasteiger partial charge in [-0.2, -0.15) is 0 Å². The van der Waals surface area contributed by atoms with Gasteiger partial charge in [0.25, 0.3) is 0 Å². The summed E-state index contributed by atoms with van der Waals surface area (Å²) in [6, 6.07) is 8.80. The molecule has 0 fully saturated rings. The zero-order chi connectivity index (χ0) is 11.7. The van der Waals surface area contributed by atoms with E-state index < -0.39 is 11.6 Å². The highest BCUT2D eigenvalue weighted by molar-refractivity contribution is 6.33. The van der Waals surface area contributed by atoms with Crippen LogP contribution >= 0.6 is 11.6 Å². The zero-order valence-corrected chi connectivity index (χ0v) is 9.35. The van der Waals surface area contributed by atoms with E-state index in [9.17, 15) is 8.78 Å².